The average Bonchev–Trinajstić information content (AvgIpc) is 2.55. The summed E-state index contributed by atoms with van der Waals surface area (Å²) in [5.41, 5.74) is 2.38. The monoisotopic (exact) mass is 346 g/mol. The lowest BCUT2D eigenvalue weighted by Gasteiger charge is -2.26. The van der Waals surface area contributed by atoms with Gasteiger partial charge in [-0.25, -0.2) is 13.1 Å². The Labute approximate surface area is 140 Å². The highest BCUT2D eigenvalue weighted by Gasteiger charge is 2.27. The van der Waals surface area contributed by atoms with Gasteiger partial charge in [-0.15, -0.1) is 0 Å². The van der Waals surface area contributed by atoms with E-state index in [0.717, 1.165) is 30.0 Å². The Morgan fingerprint density at radius 3 is 2.71 bits per heavy atom. The number of benzene rings is 2. The normalized spacial score (nSPS) is 17.3. The van der Waals surface area contributed by atoms with Crippen LogP contribution >= 0.6 is 0 Å². The van der Waals surface area contributed by atoms with Crippen molar-refractivity contribution < 1.29 is 13.3 Å². The molecule has 1 atom stereocenters. The fraction of sp³-hybridized carbons (Fsp3) is 0.294. The maximum atomic E-state index is 12.8. The highest BCUT2D eigenvalue weighted by atomic mass is 32.2. The summed E-state index contributed by atoms with van der Waals surface area (Å²) in [6.45, 7) is 1.63. The minimum absolute atomic E-state index is 0.0419. The molecule has 0 saturated carbocycles. The van der Waals surface area contributed by atoms with Crippen molar-refractivity contribution in [3.05, 3.63) is 69.3 Å². The van der Waals surface area contributed by atoms with Crippen LogP contribution in [0, 0.1) is 17.0 Å². The fourth-order valence-electron chi connectivity index (χ4n) is 3.12. The molecule has 0 unspecified atom stereocenters. The topological polar surface area (TPSA) is 89.3 Å². The largest absolute Gasteiger partial charge is 0.270 e. The molecule has 6 nitrogen and oxygen atoms in total. The van der Waals surface area contributed by atoms with E-state index in [0.29, 0.717) is 12.0 Å². The Bertz CT molecular complexity index is 893. The molecule has 2 aromatic rings. The number of rotatable bonds is 4. The molecule has 7 heteroatoms. The lowest BCUT2D eigenvalue weighted by Crippen LogP contribution is -2.31. The lowest BCUT2D eigenvalue weighted by atomic mass is 9.88. The van der Waals surface area contributed by atoms with Gasteiger partial charge in [0.2, 0.25) is 10.0 Å². The van der Waals surface area contributed by atoms with Crippen molar-refractivity contribution in [2.24, 2.45) is 0 Å². The van der Waals surface area contributed by atoms with E-state index in [2.05, 4.69) is 4.72 Å². The van der Waals surface area contributed by atoms with E-state index in [1.165, 1.54) is 12.1 Å². The highest BCUT2D eigenvalue weighted by Crippen LogP contribution is 2.31. The zero-order valence-electron chi connectivity index (χ0n) is 13.2. The molecule has 126 valence electrons. The van der Waals surface area contributed by atoms with E-state index >= 15 is 0 Å². The molecule has 0 radical (unpaired) electrons. The molecule has 0 amide bonds. The summed E-state index contributed by atoms with van der Waals surface area (Å²) < 4.78 is 28.3. The number of non-ortho nitro benzene ring substituents is 1. The van der Waals surface area contributed by atoms with Crippen LogP contribution in [0.4, 0.5) is 5.69 Å². The Morgan fingerprint density at radius 1 is 1.21 bits per heavy atom. The van der Waals surface area contributed by atoms with Crippen molar-refractivity contribution in [2.75, 3.05) is 0 Å². The van der Waals surface area contributed by atoms with Gasteiger partial charge >= 0.3 is 0 Å². The fourth-order valence-corrected chi connectivity index (χ4v) is 4.63. The van der Waals surface area contributed by atoms with E-state index in [-0.39, 0.29) is 16.6 Å². The number of nitro benzene ring substituents is 1. The minimum Gasteiger partial charge on any atom is -0.258 e. The standard InChI is InChI=1S/C17H18N2O4S/c1-12-9-10-14(19(20)21)11-17(12)24(22,23)18-16-8-4-6-13-5-2-3-7-15(13)16/h2-3,5,7,9-11,16,18H,4,6,8H2,1H3/t16-/m0/s1. The van der Waals surface area contributed by atoms with E-state index in [9.17, 15) is 18.5 Å². The molecule has 1 aliphatic rings. The third kappa shape index (κ3) is 3.18. The molecule has 24 heavy (non-hydrogen) atoms. The third-order valence-electron chi connectivity index (χ3n) is 4.34. The van der Waals surface area contributed by atoms with Gasteiger partial charge in [0.1, 0.15) is 0 Å². The Hall–Kier alpha value is -2.25. The predicted molar refractivity (Wildman–Crippen MR) is 90.3 cm³/mol. The smallest absolute Gasteiger partial charge is 0.258 e. The molecule has 0 aromatic heterocycles. The number of nitrogens with zero attached hydrogens (tertiary/aromatic N) is 1. The molecule has 0 fully saturated rings. The van der Waals surface area contributed by atoms with Crippen molar-refractivity contribution in [1.29, 1.82) is 0 Å². The number of fused-ring (bicyclic) bond motifs is 1. The zero-order chi connectivity index (χ0) is 17.3. The van der Waals surface area contributed by atoms with E-state index in [1.54, 1.807) is 6.92 Å². The number of hydrogen-bond acceptors (Lipinski definition) is 4. The summed E-state index contributed by atoms with van der Waals surface area (Å²) in [7, 11) is -3.84. The van der Waals surface area contributed by atoms with Crippen LogP contribution in [0.5, 0.6) is 0 Å². The second-order valence-electron chi connectivity index (χ2n) is 5.97. The Kier molecular flexibility index (Phi) is 4.38. The van der Waals surface area contributed by atoms with Crippen molar-refractivity contribution >= 4 is 15.7 Å². The number of hydrogen-bond donors (Lipinski definition) is 1. The van der Waals surface area contributed by atoms with E-state index < -0.39 is 14.9 Å². The van der Waals surface area contributed by atoms with Crippen LogP contribution in [0.25, 0.3) is 0 Å². The van der Waals surface area contributed by atoms with E-state index in [4.69, 9.17) is 0 Å². The first-order valence-corrected chi connectivity index (χ1v) is 9.22. The first-order chi connectivity index (χ1) is 11.4. The maximum Gasteiger partial charge on any atom is 0.270 e. The highest BCUT2D eigenvalue weighted by molar-refractivity contribution is 7.89. The molecule has 1 N–H and O–H groups in total. The van der Waals surface area contributed by atoms with Gasteiger partial charge < -0.3 is 0 Å². The van der Waals surface area contributed by atoms with Crippen LogP contribution in [-0.2, 0) is 16.4 Å². The molecule has 0 heterocycles. The summed E-state index contributed by atoms with van der Waals surface area (Å²) in [4.78, 5) is 10.3. The quantitative estimate of drug-likeness (QED) is 0.680. The summed E-state index contributed by atoms with van der Waals surface area (Å²) in [5.74, 6) is 0. The molecular formula is C17H18N2O4S. The van der Waals surface area contributed by atoms with Crippen LogP contribution in [-0.4, -0.2) is 13.3 Å². The van der Waals surface area contributed by atoms with Crippen LogP contribution in [0.2, 0.25) is 0 Å². The van der Waals surface area contributed by atoms with Crippen molar-refractivity contribution in [3.63, 3.8) is 0 Å². The summed E-state index contributed by atoms with van der Waals surface area (Å²) in [6, 6.07) is 11.4. The maximum absolute atomic E-state index is 12.8. The molecule has 0 saturated heterocycles. The Morgan fingerprint density at radius 2 is 1.96 bits per heavy atom. The van der Waals surface area contributed by atoms with Crippen molar-refractivity contribution in [2.45, 2.75) is 37.1 Å². The van der Waals surface area contributed by atoms with Gasteiger partial charge in [0.15, 0.2) is 0 Å². The van der Waals surface area contributed by atoms with Crippen molar-refractivity contribution in [1.82, 2.24) is 4.72 Å². The summed E-state index contributed by atoms with van der Waals surface area (Å²) in [5, 5.41) is 10.9. The number of nitro groups is 1. The first kappa shape index (κ1) is 16.6. The summed E-state index contributed by atoms with van der Waals surface area (Å²) in [6.07, 6.45) is 2.55. The third-order valence-corrected chi connectivity index (χ3v) is 5.95. The van der Waals surface area contributed by atoms with Crippen LogP contribution < -0.4 is 4.72 Å². The van der Waals surface area contributed by atoms with Gasteiger partial charge in [0.25, 0.3) is 5.69 Å². The molecule has 3 rings (SSSR count). The van der Waals surface area contributed by atoms with Gasteiger partial charge in [0, 0.05) is 18.2 Å². The van der Waals surface area contributed by atoms with E-state index in [1.807, 2.05) is 24.3 Å². The second-order valence-corrected chi connectivity index (χ2v) is 7.65. The van der Waals surface area contributed by atoms with Gasteiger partial charge in [-0.2, -0.15) is 0 Å². The number of sulfonamides is 1. The SMILES string of the molecule is Cc1ccc([N+](=O)[O-])cc1S(=O)(=O)N[C@H]1CCCc2ccccc21. The molecule has 1 aliphatic carbocycles. The second kappa shape index (κ2) is 6.33. The van der Waals surface area contributed by atoms with Crippen LogP contribution in [0.15, 0.2) is 47.4 Å². The number of nitrogens with one attached hydrogen (secondary N) is 1. The average molecular weight is 346 g/mol. The zero-order valence-corrected chi connectivity index (χ0v) is 14.0. The lowest BCUT2D eigenvalue weighted by molar-refractivity contribution is -0.385. The molecular weight excluding hydrogens is 328 g/mol. The summed E-state index contributed by atoms with van der Waals surface area (Å²) >= 11 is 0. The first-order valence-electron chi connectivity index (χ1n) is 7.73. The van der Waals surface area contributed by atoms with Gasteiger partial charge in [-0.05, 0) is 42.9 Å². The predicted octanol–water partition coefficient (Wildman–Crippen LogP) is 3.26. The van der Waals surface area contributed by atoms with Gasteiger partial charge in [0.05, 0.1) is 9.82 Å². The Balaban J connectivity index is 1.96. The van der Waals surface area contributed by atoms with Crippen LogP contribution in [0.3, 0.4) is 0 Å². The molecule has 0 spiro atoms. The van der Waals surface area contributed by atoms with Gasteiger partial charge in [-0.1, -0.05) is 30.3 Å². The number of aryl methyl sites for hydroxylation is 2. The van der Waals surface area contributed by atoms with Gasteiger partial charge in [-0.3, -0.25) is 10.1 Å². The minimum atomic E-state index is -3.84. The van der Waals surface area contributed by atoms with Crippen molar-refractivity contribution in [3.8, 4) is 0 Å². The molecule has 0 aliphatic heterocycles. The van der Waals surface area contributed by atoms with Crippen LogP contribution in [0.1, 0.15) is 35.6 Å². The molecule has 0 bridgehead atoms. The molecule has 2 aromatic carbocycles.